The maximum atomic E-state index is 13.0. The molecule has 0 fully saturated rings. The van der Waals surface area contributed by atoms with Crippen LogP contribution in [0.1, 0.15) is 10.4 Å². The average Bonchev–Trinajstić information content (AvgIpc) is 2.50. The third kappa shape index (κ3) is 3.55. The van der Waals surface area contributed by atoms with Gasteiger partial charge in [0.05, 0.1) is 17.7 Å². The first kappa shape index (κ1) is 16.3. The number of ether oxygens (including phenoxy) is 1. The lowest BCUT2D eigenvalue weighted by molar-refractivity contribution is 0.0600. The zero-order valence-electron chi connectivity index (χ0n) is 11.2. The molecule has 0 amide bonds. The molecule has 2 rings (SSSR count). The smallest absolute Gasteiger partial charge is 0.339 e. The van der Waals surface area contributed by atoms with Crippen molar-refractivity contribution in [3.8, 4) is 5.75 Å². The largest absolute Gasteiger partial charge is 0.465 e. The van der Waals surface area contributed by atoms with Gasteiger partial charge in [-0.25, -0.2) is 9.18 Å². The van der Waals surface area contributed by atoms with Crippen molar-refractivity contribution in [2.24, 2.45) is 0 Å². The summed E-state index contributed by atoms with van der Waals surface area (Å²) >= 11 is 5.56. The topological polar surface area (TPSA) is 69.7 Å². The molecule has 0 heterocycles. The molecule has 8 heteroatoms. The number of hydrogen-bond acceptors (Lipinski definition) is 5. The fourth-order valence-electron chi connectivity index (χ4n) is 1.58. The van der Waals surface area contributed by atoms with E-state index in [1.807, 2.05) is 0 Å². The molecule has 22 heavy (non-hydrogen) atoms. The van der Waals surface area contributed by atoms with Gasteiger partial charge >= 0.3 is 16.1 Å². The second-order valence-corrected chi connectivity index (χ2v) is 6.08. The lowest BCUT2D eigenvalue weighted by Gasteiger charge is -2.08. The van der Waals surface area contributed by atoms with Gasteiger partial charge in [0, 0.05) is 6.07 Å². The quantitative estimate of drug-likeness (QED) is 0.630. The van der Waals surface area contributed by atoms with E-state index in [0.717, 1.165) is 18.2 Å². The molecule has 0 saturated carbocycles. The van der Waals surface area contributed by atoms with Crippen molar-refractivity contribution in [3.63, 3.8) is 0 Å². The van der Waals surface area contributed by atoms with Gasteiger partial charge in [-0.05, 0) is 36.4 Å². The first-order chi connectivity index (χ1) is 10.3. The second-order valence-electron chi connectivity index (χ2n) is 4.13. The minimum Gasteiger partial charge on any atom is -0.465 e. The van der Waals surface area contributed by atoms with Crippen LogP contribution in [-0.4, -0.2) is 21.5 Å². The number of carbonyl (C=O) groups is 1. The Morgan fingerprint density at radius 1 is 1.14 bits per heavy atom. The molecule has 2 aromatic carbocycles. The molecule has 0 bridgehead atoms. The summed E-state index contributed by atoms with van der Waals surface area (Å²) in [6, 6.07) is 8.17. The number of esters is 1. The Kier molecular flexibility index (Phi) is 4.68. The van der Waals surface area contributed by atoms with E-state index in [1.165, 1.54) is 31.4 Å². The van der Waals surface area contributed by atoms with Gasteiger partial charge in [0.15, 0.2) is 0 Å². The summed E-state index contributed by atoms with van der Waals surface area (Å²) in [5.41, 5.74) is 0.200. The molecule has 2 aromatic rings. The number of halogens is 2. The summed E-state index contributed by atoms with van der Waals surface area (Å²) in [6.07, 6.45) is 0. The Morgan fingerprint density at radius 3 is 2.32 bits per heavy atom. The predicted octanol–water partition coefficient (Wildman–Crippen LogP) is 3.03. The van der Waals surface area contributed by atoms with Gasteiger partial charge in [-0.15, -0.1) is 0 Å². The Bertz CT molecular complexity index is 802. The lowest BCUT2D eigenvalue weighted by Crippen LogP contribution is -2.10. The van der Waals surface area contributed by atoms with Crippen LogP contribution in [0.3, 0.4) is 0 Å². The van der Waals surface area contributed by atoms with Crippen molar-refractivity contribution in [2.75, 3.05) is 7.11 Å². The molecule has 0 atom stereocenters. The highest BCUT2D eigenvalue weighted by molar-refractivity contribution is 7.87. The molecule has 0 radical (unpaired) electrons. The van der Waals surface area contributed by atoms with Gasteiger partial charge < -0.3 is 8.92 Å². The number of benzene rings is 2. The number of carbonyl (C=O) groups excluding carboxylic acids is 1. The van der Waals surface area contributed by atoms with E-state index in [-0.39, 0.29) is 21.2 Å². The number of rotatable bonds is 4. The summed E-state index contributed by atoms with van der Waals surface area (Å²) in [4.78, 5) is 11.1. The van der Waals surface area contributed by atoms with Gasteiger partial charge in [-0.2, -0.15) is 8.42 Å². The Hall–Kier alpha value is -2.12. The van der Waals surface area contributed by atoms with E-state index < -0.39 is 21.9 Å². The van der Waals surface area contributed by atoms with Crippen molar-refractivity contribution in [1.82, 2.24) is 0 Å². The van der Waals surface area contributed by atoms with Crippen molar-refractivity contribution >= 4 is 27.7 Å². The highest BCUT2D eigenvalue weighted by atomic mass is 35.5. The lowest BCUT2D eigenvalue weighted by atomic mass is 10.2. The van der Waals surface area contributed by atoms with Crippen LogP contribution >= 0.6 is 11.6 Å². The van der Waals surface area contributed by atoms with E-state index in [9.17, 15) is 17.6 Å². The second kappa shape index (κ2) is 6.33. The van der Waals surface area contributed by atoms with Crippen LogP contribution < -0.4 is 4.18 Å². The van der Waals surface area contributed by atoms with Gasteiger partial charge in [0.1, 0.15) is 16.5 Å². The molecular weight excluding hydrogens is 335 g/mol. The van der Waals surface area contributed by atoms with E-state index in [4.69, 9.17) is 15.8 Å². The summed E-state index contributed by atoms with van der Waals surface area (Å²) < 4.78 is 46.5. The molecule has 0 aliphatic rings. The van der Waals surface area contributed by atoms with Crippen LogP contribution in [0.2, 0.25) is 5.02 Å². The zero-order chi connectivity index (χ0) is 16.3. The van der Waals surface area contributed by atoms with E-state index in [1.54, 1.807) is 0 Å². The van der Waals surface area contributed by atoms with Gasteiger partial charge in [-0.3, -0.25) is 0 Å². The number of methoxy groups -OCH3 is 1. The third-order valence-corrected chi connectivity index (χ3v) is 4.21. The highest BCUT2D eigenvalue weighted by Crippen LogP contribution is 2.24. The van der Waals surface area contributed by atoms with Crippen LogP contribution in [0.25, 0.3) is 0 Å². The first-order valence-electron chi connectivity index (χ1n) is 5.91. The molecule has 0 saturated heterocycles. The van der Waals surface area contributed by atoms with E-state index in [2.05, 4.69) is 4.74 Å². The minimum atomic E-state index is -4.13. The van der Waals surface area contributed by atoms with Crippen LogP contribution in [0.5, 0.6) is 5.75 Å². The monoisotopic (exact) mass is 344 g/mol. The van der Waals surface area contributed by atoms with E-state index in [0.29, 0.717) is 0 Å². The Labute approximate surface area is 131 Å². The van der Waals surface area contributed by atoms with Crippen molar-refractivity contribution in [3.05, 3.63) is 58.9 Å². The third-order valence-electron chi connectivity index (χ3n) is 2.66. The molecule has 0 aromatic heterocycles. The van der Waals surface area contributed by atoms with Crippen LogP contribution in [0.15, 0.2) is 47.4 Å². The van der Waals surface area contributed by atoms with E-state index >= 15 is 0 Å². The summed E-state index contributed by atoms with van der Waals surface area (Å²) in [5, 5.41) is -0.256. The molecule has 5 nitrogen and oxygen atoms in total. The molecule has 0 unspecified atom stereocenters. The molecule has 116 valence electrons. The zero-order valence-corrected chi connectivity index (χ0v) is 12.8. The summed E-state index contributed by atoms with van der Waals surface area (Å²) in [5.74, 6) is -1.40. The maximum absolute atomic E-state index is 13.0. The van der Waals surface area contributed by atoms with Crippen molar-refractivity contribution in [2.45, 2.75) is 4.90 Å². The Morgan fingerprint density at radius 2 is 1.77 bits per heavy atom. The van der Waals surface area contributed by atoms with Gasteiger partial charge in [0.2, 0.25) is 0 Å². The van der Waals surface area contributed by atoms with Crippen LogP contribution in [0.4, 0.5) is 4.39 Å². The molecular formula is C14H10ClFO5S. The maximum Gasteiger partial charge on any atom is 0.339 e. The van der Waals surface area contributed by atoms with Crippen LogP contribution in [0, 0.1) is 5.82 Å². The molecule has 0 aliphatic heterocycles. The minimum absolute atomic E-state index is 0.122. The fraction of sp³-hybridized carbons (Fsp3) is 0.0714. The molecule has 0 N–H and O–H groups in total. The Balaban J connectivity index is 2.26. The molecule has 0 aliphatic carbocycles. The first-order valence-corrected chi connectivity index (χ1v) is 7.70. The summed E-state index contributed by atoms with van der Waals surface area (Å²) in [6.45, 7) is 0. The van der Waals surface area contributed by atoms with Gasteiger partial charge in [0.25, 0.3) is 0 Å². The summed E-state index contributed by atoms with van der Waals surface area (Å²) in [7, 11) is -2.91. The highest BCUT2D eigenvalue weighted by Gasteiger charge is 2.18. The van der Waals surface area contributed by atoms with Crippen molar-refractivity contribution in [1.29, 1.82) is 0 Å². The SMILES string of the molecule is COC(=O)c1ccc(S(=O)(=O)Oc2ccc(F)c(Cl)c2)cc1. The molecule has 0 spiro atoms. The normalized spacial score (nSPS) is 11.0. The number of hydrogen-bond donors (Lipinski definition) is 0. The fourth-order valence-corrected chi connectivity index (χ4v) is 2.67. The standard InChI is InChI=1S/C14H10ClFO5S/c1-20-14(17)9-2-5-11(6-3-9)22(18,19)21-10-4-7-13(16)12(15)8-10/h2-8H,1H3. The van der Waals surface area contributed by atoms with Crippen LogP contribution in [-0.2, 0) is 14.9 Å². The average molecular weight is 345 g/mol. The van der Waals surface area contributed by atoms with Crippen molar-refractivity contribution < 1.29 is 26.5 Å². The predicted molar refractivity (Wildman–Crippen MR) is 77.0 cm³/mol. The van der Waals surface area contributed by atoms with Gasteiger partial charge in [-0.1, -0.05) is 11.6 Å².